The first-order valence-corrected chi connectivity index (χ1v) is 6.16. The van der Waals surface area contributed by atoms with Crippen molar-refractivity contribution in [3.63, 3.8) is 0 Å². The fourth-order valence-electron chi connectivity index (χ4n) is 1.24. The van der Waals surface area contributed by atoms with Crippen LogP contribution in [-0.2, 0) is 6.18 Å². The molecule has 0 amide bonds. The topological polar surface area (TPSA) is 32.3 Å². The predicted molar refractivity (Wildman–Crippen MR) is 68.5 cm³/mol. The third-order valence-electron chi connectivity index (χ3n) is 2.80. The summed E-state index contributed by atoms with van der Waals surface area (Å²) in [6, 6.07) is 3.36. The molecule has 0 bridgehead atoms. The number of halogens is 4. The van der Waals surface area contributed by atoms with Crippen LogP contribution in [0.5, 0.6) is 0 Å². The number of benzene rings is 1. The van der Waals surface area contributed by atoms with E-state index in [0.717, 1.165) is 12.1 Å². The molecule has 2 N–H and O–H groups in total. The molecule has 0 aliphatic heterocycles. The first-order chi connectivity index (χ1) is 8.04. The summed E-state index contributed by atoms with van der Waals surface area (Å²) >= 11 is 3.10. The Morgan fingerprint density at radius 3 is 2.22 bits per heavy atom. The molecule has 1 aromatic carbocycles. The zero-order chi connectivity index (χ0) is 14.1. The number of hydrogen-bond acceptors (Lipinski definition) is 2. The molecule has 1 unspecified atom stereocenters. The van der Waals surface area contributed by atoms with Crippen molar-refractivity contribution >= 4 is 21.6 Å². The zero-order valence-corrected chi connectivity index (χ0v) is 11.9. The summed E-state index contributed by atoms with van der Waals surface area (Å²) in [6.45, 7) is 5.15. The quantitative estimate of drug-likeness (QED) is 0.879. The molecule has 0 radical (unpaired) electrons. The predicted octanol–water partition coefficient (Wildman–Crippen LogP) is 4.04. The number of hydrogen-bond donors (Lipinski definition) is 2. The number of aliphatic hydroxyl groups is 1. The lowest BCUT2D eigenvalue weighted by molar-refractivity contribution is -0.137. The lowest BCUT2D eigenvalue weighted by Crippen LogP contribution is -2.42. The summed E-state index contributed by atoms with van der Waals surface area (Å²) in [7, 11) is 0. The fraction of sp³-hybridized carbons (Fsp3) is 0.500. The van der Waals surface area contributed by atoms with Crippen molar-refractivity contribution in [2.75, 3.05) is 5.32 Å². The van der Waals surface area contributed by atoms with Gasteiger partial charge in [0.25, 0.3) is 0 Å². The van der Waals surface area contributed by atoms with Crippen LogP contribution in [0, 0.1) is 0 Å². The van der Waals surface area contributed by atoms with Gasteiger partial charge in [-0.25, -0.2) is 0 Å². The normalized spacial score (nSPS) is 14.4. The van der Waals surface area contributed by atoms with Crippen molar-refractivity contribution in [1.29, 1.82) is 0 Å². The van der Waals surface area contributed by atoms with Crippen LogP contribution < -0.4 is 5.32 Å². The smallest absolute Gasteiger partial charge is 0.391 e. The van der Waals surface area contributed by atoms with E-state index in [2.05, 4.69) is 21.2 Å². The summed E-state index contributed by atoms with van der Waals surface area (Å²) in [4.78, 5) is 0. The van der Waals surface area contributed by atoms with E-state index in [1.165, 1.54) is 6.07 Å². The maximum atomic E-state index is 12.5. The first-order valence-electron chi connectivity index (χ1n) is 5.37. The van der Waals surface area contributed by atoms with E-state index in [1.807, 2.05) is 0 Å². The van der Waals surface area contributed by atoms with Crippen molar-refractivity contribution in [2.24, 2.45) is 0 Å². The van der Waals surface area contributed by atoms with E-state index in [0.29, 0.717) is 10.2 Å². The van der Waals surface area contributed by atoms with Crippen molar-refractivity contribution in [1.82, 2.24) is 0 Å². The summed E-state index contributed by atoms with van der Waals surface area (Å²) in [6.07, 6.45) is -5.01. The lowest BCUT2D eigenvalue weighted by atomic mass is 9.98. The second kappa shape index (κ2) is 5.09. The third kappa shape index (κ3) is 3.62. The molecule has 0 saturated heterocycles. The van der Waals surface area contributed by atoms with E-state index in [1.54, 1.807) is 20.8 Å². The highest BCUT2D eigenvalue weighted by atomic mass is 79.9. The van der Waals surface area contributed by atoms with Crippen LogP contribution in [0.4, 0.5) is 18.9 Å². The van der Waals surface area contributed by atoms with Crippen LogP contribution in [-0.4, -0.2) is 16.7 Å². The highest BCUT2D eigenvalue weighted by molar-refractivity contribution is 9.10. The summed E-state index contributed by atoms with van der Waals surface area (Å²) in [5, 5.41) is 12.6. The van der Waals surface area contributed by atoms with Crippen molar-refractivity contribution < 1.29 is 18.3 Å². The van der Waals surface area contributed by atoms with Crippen molar-refractivity contribution in [3.05, 3.63) is 28.2 Å². The highest BCUT2D eigenvalue weighted by Gasteiger charge is 2.31. The Morgan fingerprint density at radius 2 is 1.83 bits per heavy atom. The Hall–Kier alpha value is -0.750. The SMILES string of the molecule is CC(O)C(C)(C)Nc1ccc(C(F)(F)F)cc1Br. The maximum Gasteiger partial charge on any atom is 0.416 e. The fourth-order valence-corrected chi connectivity index (χ4v) is 1.72. The van der Waals surface area contributed by atoms with Crippen molar-refractivity contribution in [2.45, 2.75) is 38.6 Å². The van der Waals surface area contributed by atoms with Crippen molar-refractivity contribution in [3.8, 4) is 0 Å². The third-order valence-corrected chi connectivity index (χ3v) is 3.45. The van der Waals surface area contributed by atoms with Crippen LogP contribution >= 0.6 is 15.9 Å². The number of aliphatic hydroxyl groups excluding tert-OH is 1. The minimum absolute atomic E-state index is 0.311. The molecule has 1 aromatic rings. The van der Waals surface area contributed by atoms with E-state index in [9.17, 15) is 18.3 Å². The molecule has 18 heavy (non-hydrogen) atoms. The van der Waals surface area contributed by atoms with Gasteiger partial charge in [-0.1, -0.05) is 0 Å². The molecule has 0 aliphatic rings. The van der Waals surface area contributed by atoms with E-state index in [-0.39, 0.29) is 0 Å². The lowest BCUT2D eigenvalue weighted by Gasteiger charge is -2.31. The second-order valence-electron chi connectivity index (χ2n) is 4.72. The van der Waals surface area contributed by atoms with Crippen LogP contribution in [0.2, 0.25) is 0 Å². The number of alkyl halides is 3. The molecule has 0 heterocycles. The minimum atomic E-state index is -4.36. The second-order valence-corrected chi connectivity index (χ2v) is 5.57. The Morgan fingerprint density at radius 1 is 1.28 bits per heavy atom. The van der Waals surface area contributed by atoms with E-state index in [4.69, 9.17) is 0 Å². The molecule has 2 nitrogen and oxygen atoms in total. The molecule has 6 heteroatoms. The van der Waals surface area contributed by atoms with Gasteiger partial charge in [-0.2, -0.15) is 13.2 Å². The van der Waals surface area contributed by atoms with E-state index < -0.39 is 23.4 Å². The Bertz CT molecular complexity index is 430. The van der Waals surface area contributed by atoms with Crippen LogP contribution in [0.15, 0.2) is 22.7 Å². The van der Waals surface area contributed by atoms with Gasteiger partial charge in [0.15, 0.2) is 0 Å². The average molecular weight is 326 g/mol. The summed E-state index contributed by atoms with van der Waals surface area (Å²) < 4.78 is 37.8. The Balaban J connectivity index is 3.01. The molecule has 0 saturated carbocycles. The average Bonchev–Trinajstić information content (AvgIpc) is 2.19. The molecule has 1 atom stereocenters. The van der Waals surface area contributed by atoms with Gasteiger partial charge < -0.3 is 10.4 Å². The van der Waals surface area contributed by atoms with E-state index >= 15 is 0 Å². The Kier molecular flexibility index (Phi) is 4.33. The van der Waals surface area contributed by atoms with Gasteiger partial charge in [-0.05, 0) is 54.9 Å². The first kappa shape index (κ1) is 15.3. The minimum Gasteiger partial charge on any atom is -0.391 e. The van der Waals surface area contributed by atoms with Gasteiger partial charge >= 0.3 is 6.18 Å². The standard InChI is InChI=1S/C12H15BrF3NO/c1-7(18)11(2,3)17-10-5-4-8(6-9(10)13)12(14,15)16/h4-7,17-18H,1-3H3. The van der Waals surface area contributed by atoms with Gasteiger partial charge in [0, 0.05) is 10.2 Å². The van der Waals surface area contributed by atoms with Gasteiger partial charge in [0.2, 0.25) is 0 Å². The number of rotatable bonds is 3. The molecule has 0 spiro atoms. The summed E-state index contributed by atoms with van der Waals surface area (Å²) in [5.74, 6) is 0. The molecule has 1 rings (SSSR count). The largest absolute Gasteiger partial charge is 0.416 e. The maximum absolute atomic E-state index is 12.5. The molecular weight excluding hydrogens is 311 g/mol. The molecular formula is C12H15BrF3NO. The van der Waals surface area contributed by atoms with Crippen LogP contribution in [0.3, 0.4) is 0 Å². The van der Waals surface area contributed by atoms with Gasteiger partial charge in [-0.3, -0.25) is 0 Å². The number of anilines is 1. The molecule has 0 fully saturated rings. The molecule has 102 valence electrons. The van der Waals surface area contributed by atoms with Crippen LogP contribution in [0.1, 0.15) is 26.3 Å². The zero-order valence-electron chi connectivity index (χ0n) is 10.3. The molecule has 0 aromatic heterocycles. The van der Waals surface area contributed by atoms with Crippen LogP contribution in [0.25, 0.3) is 0 Å². The monoisotopic (exact) mass is 325 g/mol. The highest BCUT2D eigenvalue weighted by Crippen LogP contribution is 2.35. The van der Waals surface area contributed by atoms with Gasteiger partial charge in [-0.15, -0.1) is 0 Å². The Labute approximate surface area is 112 Å². The molecule has 0 aliphatic carbocycles. The number of nitrogens with one attached hydrogen (secondary N) is 1. The van der Waals surface area contributed by atoms with Gasteiger partial charge in [0.1, 0.15) is 0 Å². The summed E-state index contributed by atoms with van der Waals surface area (Å²) in [5.41, 5.74) is -0.842. The van der Waals surface area contributed by atoms with Gasteiger partial charge in [0.05, 0.1) is 17.2 Å².